The van der Waals surface area contributed by atoms with E-state index in [1.807, 2.05) is 6.92 Å². The third kappa shape index (κ3) is 4.91. The van der Waals surface area contributed by atoms with Crippen LogP contribution >= 0.6 is 23.4 Å². The van der Waals surface area contributed by atoms with Crippen molar-refractivity contribution in [2.24, 2.45) is 0 Å². The van der Waals surface area contributed by atoms with Crippen molar-refractivity contribution < 1.29 is 9.18 Å². The Kier molecular flexibility index (Phi) is 6.70. The standard InChI is InChI=1S/C20H19ClFN3O2S/c1-2-9-25(19(26)12-28-17-6-4-3-5-15(17)22)11-18-23-16-10-13(21)7-8-14(16)20(27)24-18/h3-8,10H,2,9,11-12H2,1H3,(H,23,24,27). The number of amides is 1. The van der Waals surface area contributed by atoms with Gasteiger partial charge >= 0.3 is 0 Å². The third-order valence-electron chi connectivity index (χ3n) is 4.09. The Morgan fingerprint density at radius 1 is 1.29 bits per heavy atom. The molecule has 0 aliphatic rings. The minimum atomic E-state index is -0.347. The topological polar surface area (TPSA) is 66.1 Å². The van der Waals surface area contributed by atoms with Crippen LogP contribution in [-0.2, 0) is 11.3 Å². The van der Waals surface area contributed by atoms with Gasteiger partial charge in [0.15, 0.2) is 0 Å². The van der Waals surface area contributed by atoms with Crippen molar-refractivity contribution in [3.8, 4) is 0 Å². The molecule has 0 unspecified atom stereocenters. The molecule has 0 aliphatic heterocycles. The first-order valence-electron chi connectivity index (χ1n) is 8.81. The molecular weight excluding hydrogens is 401 g/mol. The van der Waals surface area contributed by atoms with Crippen LogP contribution in [-0.4, -0.2) is 33.1 Å². The number of H-pyrrole nitrogens is 1. The average Bonchev–Trinajstić information content (AvgIpc) is 2.66. The summed E-state index contributed by atoms with van der Waals surface area (Å²) in [5, 5.41) is 0.927. The number of benzene rings is 2. The van der Waals surface area contributed by atoms with Gasteiger partial charge in [-0.1, -0.05) is 30.7 Å². The molecule has 0 bridgehead atoms. The quantitative estimate of drug-likeness (QED) is 0.581. The number of carbonyl (C=O) groups is 1. The molecule has 2 aromatic carbocycles. The maximum Gasteiger partial charge on any atom is 0.258 e. The van der Waals surface area contributed by atoms with Gasteiger partial charge in [-0.2, -0.15) is 0 Å². The Morgan fingerprint density at radius 2 is 2.07 bits per heavy atom. The minimum Gasteiger partial charge on any atom is -0.335 e. The predicted octanol–water partition coefficient (Wildman–Crippen LogP) is 4.25. The molecule has 3 aromatic rings. The fraction of sp³-hybridized carbons (Fsp3) is 0.250. The molecule has 0 atom stereocenters. The van der Waals surface area contributed by atoms with Crippen LogP contribution in [0.5, 0.6) is 0 Å². The number of hydrogen-bond acceptors (Lipinski definition) is 4. The molecule has 1 amide bonds. The summed E-state index contributed by atoms with van der Waals surface area (Å²) in [6, 6.07) is 11.2. The van der Waals surface area contributed by atoms with E-state index < -0.39 is 0 Å². The van der Waals surface area contributed by atoms with Crippen molar-refractivity contribution in [1.82, 2.24) is 14.9 Å². The molecule has 0 fully saturated rings. The van der Waals surface area contributed by atoms with Gasteiger partial charge < -0.3 is 9.88 Å². The average molecular weight is 420 g/mol. The summed E-state index contributed by atoms with van der Waals surface area (Å²) >= 11 is 7.14. The number of fused-ring (bicyclic) bond motifs is 1. The molecule has 0 aliphatic carbocycles. The summed E-state index contributed by atoms with van der Waals surface area (Å²) in [5.41, 5.74) is 0.206. The predicted molar refractivity (Wildman–Crippen MR) is 110 cm³/mol. The summed E-state index contributed by atoms with van der Waals surface area (Å²) in [7, 11) is 0. The number of thioether (sulfide) groups is 1. The lowest BCUT2D eigenvalue weighted by molar-refractivity contribution is -0.129. The van der Waals surface area contributed by atoms with E-state index in [4.69, 9.17) is 11.6 Å². The fourth-order valence-corrected chi connectivity index (χ4v) is 3.78. The molecule has 0 saturated heterocycles. The number of hydrogen-bond donors (Lipinski definition) is 1. The van der Waals surface area contributed by atoms with Crippen molar-refractivity contribution >= 4 is 40.2 Å². The SMILES string of the molecule is CCCN(Cc1nc2cc(Cl)ccc2c(=O)[nH]1)C(=O)CSc1ccccc1F. The van der Waals surface area contributed by atoms with Gasteiger partial charge in [-0.05, 0) is 36.8 Å². The van der Waals surface area contributed by atoms with Crippen LogP contribution in [0.15, 0.2) is 52.2 Å². The fourth-order valence-electron chi connectivity index (χ4n) is 2.77. The second kappa shape index (κ2) is 9.21. The van der Waals surface area contributed by atoms with Crippen LogP contribution in [0.3, 0.4) is 0 Å². The summed E-state index contributed by atoms with van der Waals surface area (Å²) in [6.07, 6.45) is 0.750. The zero-order valence-electron chi connectivity index (χ0n) is 15.2. The van der Waals surface area contributed by atoms with Gasteiger partial charge in [0.25, 0.3) is 5.56 Å². The van der Waals surface area contributed by atoms with Gasteiger partial charge in [0.1, 0.15) is 11.6 Å². The Morgan fingerprint density at radius 3 is 2.82 bits per heavy atom. The minimum absolute atomic E-state index is 0.102. The molecule has 3 rings (SSSR count). The Bertz CT molecular complexity index is 1060. The second-order valence-electron chi connectivity index (χ2n) is 6.21. The van der Waals surface area contributed by atoms with Crippen molar-refractivity contribution in [2.45, 2.75) is 24.8 Å². The van der Waals surface area contributed by atoms with E-state index in [0.717, 1.165) is 18.2 Å². The first-order valence-corrected chi connectivity index (χ1v) is 10.2. The van der Waals surface area contributed by atoms with E-state index in [0.29, 0.717) is 33.2 Å². The van der Waals surface area contributed by atoms with Gasteiger partial charge in [0.2, 0.25) is 5.91 Å². The van der Waals surface area contributed by atoms with E-state index in [-0.39, 0.29) is 29.6 Å². The van der Waals surface area contributed by atoms with Crippen molar-refractivity contribution in [2.75, 3.05) is 12.3 Å². The van der Waals surface area contributed by atoms with Gasteiger partial charge in [0, 0.05) is 16.5 Å². The molecular formula is C20H19ClFN3O2S. The zero-order valence-corrected chi connectivity index (χ0v) is 16.8. The third-order valence-corrected chi connectivity index (χ3v) is 5.36. The highest BCUT2D eigenvalue weighted by Crippen LogP contribution is 2.22. The van der Waals surface area contributed by atoms with Crippen molar-refractivity contribution in [3.63, 3.8) is 0 Å². The van der Waals surface area contributed by atoms with E-state index >= 15 is 0 Å². The Balaban J connectivity index is 1.77. The molecule has 8 heteroatoms. The maximum atomic E-state index is 13.8. The number of aromatic nitrogens is 2. The first-order chi connectivity index (χ1) is 13.5. The highest BCUT2D eigenvalue weighted by molar-refractivity contribution is 8.00. The molecule has 0 radical (unpaired) electrons. The number of halogens is 2. The number of carbonyl (C=O) groups excluding carboxylic acids is 1. The van der Waals surface area contributed by atoms with E-state index in [1.54, 1.807) is 41.3 Å². The molecule has 28 heavy (non-hydrogen) atoms. The van der Waals surface area contributed by atoms with Gasteiger partial charge in [-0.15, -0.1) is 11.8 Å². The smallest absolute Gasteiger partial charge is 0.258 e. The van der Waals surface area contributed by atoms with Crippen LogP contribution in [0.1, 0.15) is 19.2 Å². The number of aromatic amines is 1. The molecule has 146 valence electrons. The number of nitrogens with one attached hydrogen (secondary N) is 1. The summed E-state index contributed by atoms with van der Waals surface area (Å²) in [6.45, 7) is 2.64. The lowest BCUT2D eigenvalue weighted by Gasteiger charge is -2.21. The highest BCUT2D eigenvalue weighted by atomic mass is 35.5. The zero-order chi connectivity index (χ0) is 20.1. The van der Waals surface area contributed by atoms with Crippen LogP contribution < -0.4 is 5.56 Å². The normalized spacial score (nSPS) is 11.0. The van der Waals surface area contributed by atoms with Crippen molar-refractivity contribution in [3.05, 3.63) is 69.5 Å². The molecule has 1 aromatic heterocycles. The molecule has 0 spiro atoms. The largest absolute Gasteiger partial charge is 0.335 e. The van der Waals surface area contributed by atoms with Crippen molar-refractivity contribution in [1.29, 1.82) is 0 Å². The van der Waals surface area contributed by atoms with Crippen LogP contribution in [0, 0.1) is 5.82 Å². The maximum absolute atomic E-state index is 13.8. The lowest BCUT2D eigenvalue weighted by atomic mass is 10.2. The molecule has 1 heterocycles. The summed E-state index contributed by atoms with van der Waals surface area (Å²) < 4.78 is 13.8. The molecule has 0 saturated carbocycles. The van der Waals surface area contributed by atoms with Gasteiger partial charge in [0.05, 0.1) is 23.2 Å². The van der Waals surface area contributed by atoms with Crippen LogP contribution in [0.4, 0.5) is 4.39 Å². The van der Waals surface area contributed by atoms with Gasteiger partial charge in [-0.25, -0.2) is 9.37 Å². The van der Waals surface area contributed by atoms with E-state index in [1.165, 1.54) is 6.07 Å². The summed E-state index contributed by atoms with van der Waals surface area (Å²) in [5.74, 6) is -0.00829. The second-order valence-corrected chi connectivity index (χ2v) is 7.66. The van der Waals surface area contributed by atoms with Crippen LogP contribution in [0.25, 0.3) is 10.9 Å². The Labute approximate surface area is 170 Å². The number of rotatable bonds is 7. The summed E-state index contributed by atoms with van der Waals surface area (Å²) in [4.78, 5) is 34.1. The Hall–Kier alpha value is -2.38. The molecule has 1 N–H and O–H groups in total. The molecule has 5 nitrogen and oxygen atoms in total. The first kappa shape index (κ1) is 20.4. The highest BCUT2D eigenvalue weighted by Gasteiger charge is 2.16. The van der Waals surface area contributed by atoms with Crippen LogP contribution in [0.2, 0.25) is 5.02 Å². The van der Waals surface area contributed by atoms with Gasteiger partial charge in [-0.3, -0.25) is 9.59 Å². The monoisotopic (exact) mass is 419 g/mol. The van der Waals surface area contributed by atoms with E-state index in [9.17, 15) is 14.0 Å². The van der Waals surface area contributed by atoms with E-state index in [2.05, 4.69) is 9.97 Å². The number of nitrogens with zero attached hydrogens (tertiary/aromatic N) is 2. The lowest BCUT2D eigenvalue weighted by Crippen LogP contribution is -2.34.